The third-order valence-corrected chi connectivity index (χ3v) is 6.41. The van der Waals surface area contributed by atoms with Crippen LogP contribution in [0.4, 0.5) is 0 Å². The van der Waals surface area contributed by atoms with Gasteiger partial charge in [0.15, 0.2) is 6.54 Å². The second-order valence-corrected chi connectivity index (χ2v) is 8.22. The topological polar surface area (TPSA) is 80.7 Å². The van der Waals surface area contributed by atoms with Crippen LogP contribution < -0.4 is 4.90 Å². The molecule has 24 heavy (non-hydrogen) atoms. The van der Waals surface area contributed by atoms with Crippen molar-refractivity contribution in [1.29, 1.82) is 0 Å². The number of piperazine rings is 1. The zero-order valence-corrected chi connectivity index (χ0v) is 15.1. The van der Waals surface area contributed by atoms with Gasteiger partial charge in [-0.15, -0.1) is 10.2 Å². The summed E-state index contributed by atoms with van der Waals surface area (Å²) < 4.78 is 32.7. The molecular weight excluding hydrogens is 328 g/mol. The molecule has 1 N–H and O–H groups in total. The van der Waals surface area contributed by atoms with Crippen LogP contribution in [0.2, 0.25) is 0 Å². The molecule has 8 heteroatoms. The van der Waals surface area contributed by atoms with Crippen molar-refractivity contribution in [3.05, 3.63) is 41.1 Å². The first-order valence-electron chi connectivity index (χ1n) is 8.06. The number of rotatable bonds is 4. The number of nitrogens with zero attached hydrogens (tertiary/aromatic N) is 3. The summed E-state index contributed by atoms with van der Waals surface area (Å²) in [6, 6.07) is 5.46. The first-order valence-corrected chi connectivity index (χ1v) is 9.50. The summed E-state index contributed by atoms with van der Waals surface area (Å²) in [7, 11) is -3.43. The third kappa shape index (κ3) is 3.50. The highest BCUT2D eigenvalue weighted by Crippen LogP contribution is 2.20. The minimum absolute atomic E-state index is 0.407. The Morgan fingerprint density at radius 3 is 2.46 bits per heavy atom. The predicted molar refractivity (Wildman–Crippen MR) is 88.1 cm³/mol. The Morgan fingerprint density at radius 2 is 1.88 bits per heavy atom. The second-order valence-electron chi connectivity index (χ2n) is 6.31. The first kappa shape index (κ1) is 17.1. The van der Waals surface area contributed by atoms with Crippen molar-refractivity contribution in [3.63, 3.8) is 0 Å². The van der Waals surface area contributed by atoms with E-state index in [0.717, 1.165) is 24.2 Å². The monoisotopic (exact) mass is 351 g/mol. The highest BCUT2D eigenvalue weighted by molar-refractivity contribution is 7.89. The van der Waals surface area contributed by atoms with Crippen LogP contribution >= 0.6 is 0 Å². The average molecular weight is 351 g/mol. The molecular formula is C16H23N4O3S+. The van der Waals surface area contributed by atoms with Gasteiger partial charge in [-0.1, -0.05) is 17.7 Å². The summed E-state index contributed by atoms with van der Waals surface area (Å²) in [5, 5.41) is 7.83. The summed E-state index contributed by atoms with van der Waals surface area (Å²) in [4.78, 5) is 1.66. The summed E-state index contributed by atoms with van der Waals surface area (Å²) in [5.74, 6) is 1.16. The molecule has 0 aliphatic carbocycles. The van der Waals surface area contributed by atoms with Gasteiger partial charge in [0.05, 0.1) is 31.1 Å². The zero-order valence-electron chi connectivity index (χ0n) is 14.2. The van der Waals surface area contributed by atoms with E-state index in [2.05, 4.69) is 10.2 Å². The van der Waals surface area contributed by atoms with Crippen molar-refractivity contribution in [1.82, 2.24) is 14.5 Å². The fraction of sp³-hybridized carbons (Fsp3) is 0.500. The summed E-state index contributed by atoms with van der Waals surface area (Å²) in [5.41, 5.74) is 1.86. The molecule has 0 atom stereocenters. The number of aryl methyl sites for hydroxylation is 3. The van der Waals surface area contributed by atoms with Gasteiger partial charge in [0, 0.05) is 6.92 Å². The van der Waals surface area contributed by atoms with Crippen LogP contribution in [0.1, 0.15) is 22.9 Å². The maximum absolute atomic E-state index is 12.9. The van der Waals surface area contributed by atoms with E-state index in [4.69, 9.17) is 4.42 Å². The largest absolute Gasteiger partial charge is 0.420 e. The summed E-state index contributed by atoms with van der Waals surface area (Å²) in [6.07, 6.45) is 0. The number of hydrogen-bond donors (Lipinski definition) is 1. The lowest BCUT2D eigenvalue weighted by molar-refractivity contribution is -0.918. The lowest BCUT2D eigenvalue weighted by Crippen LogP contribution is -3.13. The number of hydrogen-bond acceptors (Lipinski definition) is 5. The molecule has 0 unspecified atom stereocenters. The van der Waals surface area contributed by atoms with Crippen molar-refractivity contribution in [2.75, 3.05) is 26.2 Å². The Labute approximate surface area is 142 Å². The van der Waals surface area contributed by atoms with Gasteiger partial charge in [0.2, 0.25) is 15.9 Å². The quantitative estimate of drug-likeness (QED) is 0.844. The number of quaternary nitrogens is 1. The average Bonchev–Trinajstić information content (AvgIpc) is 2.92. The van der Waals surface area contributed by atoms with Gasteiger partial charge in [-0.2, -0.15) is 4.31 Å². The number of benzene rings is 1. The zero-order chi connectivity index (χ0) is 17.3. The van der Waals surface area contributed by atoms with E-state index >= 15 is 0 Å². The number of sulfonamides is 1. The lowest BCUT2D eigenvalue weighted by Gasteiger charge is -2.31. The van der Waals surface area contributed by atoms with Crippen LogP contribution in [0.3, 0.4) is 0 Å². The van der Waals surface area contributed by atoms with Gasteiger partial charge in [-0.05, 0) is 25.5 Å². The molecule has 1 aromatic carbocycles. The van der Waals surface area contributed by atoms with Crippen molar-refractivity contribution in [2.45, 2.75) is 32.2 Å². The maximum atomic E-state index is 12.9. The van der Waals surface area contributed by atoms with E-state index in [9.17, 15) is 8.42 Å². The molecule has 1 fully saturated rings. The van der Waals surface area contributed by atoms with E-state index in [1.54, 1.807) is 17.3 Å². The van der Waals surface area contributed by atoms with E-state index in [1.807, 2.05) is 26.0 Å². The minimum atomic E-state index is -3.43. The fourth-order valence-corrected chi connectivity index (χ4v) is 4.72. The number of aromatic nitrogens is 2. The normalized spacial score (nSPS) is 17.3. The summed E-state index contributed by atoms with van der Waals surface area (Å²) in [6.45, 7) is 8.66. The smallest absolute Gasteiger partial charge is 0.271 e. The Hall–Kier alpha value is -1.77. The van der Waals surface area contributed by atoms with Crippen LogP contribution in [0.15, 0.2) is 27.5 Å². The van der Waals surface area contributed by atoms with Crippen molar-refractivity contribution >= 4 is 10.0 Å². The highest BCUT2D eigenvalue weighted by Gasteiger charge is 2.31. The molecule has 3 rings (SSSR count). The van der Waals surface area contributed by atoms with Crippen molar-refractivity contribution in [2.24, 2.45) is 0 Å². The molecule has 1 aliphatic heterocycles. The molecule has 1 aliphatic rings. The van der Waals surface area contributed by atoms with Crippen molar-refractivity contribution < 1.29 is 17.7 Å². The Bertz CT molecular complexity index is 824. The molecule has 7 nitrogen and oxygen atoms in total. The van der Waals surface area contributed by atoms with E-state index in [0.29, 0.717) is 36.3 Å². The van der Waals surface area contributed by atoms with Gasteiger partial charge in [0.1, 0.15) is 0 Å². The van der Waals surface area contributed by atoms with E-state index < -0.39 is 10.0 Å². The molecule has 1 aromatic heterocycles. The molecule has 0 saturated carbocycles. The van der Waals surface area contributed by atoms with Gasteiger partial charge >= 0.3 is 0 Å². The van der Waals surface area contributed by atoms with Crippen LogP contribution in [0.25, 0.3) is 0 Å². The van der Waals surface area contributed by atoms with Crippen LogP contribution in [0.5, 0.6) is 0 Å². The molecule has 0 radical (unpaired) electrons. The SMILES string of the molecule is Cc1ccc(S(=O)(=O)N2CC[NH+](Cc3nnc(C)o3)CC2)c(C)c1. The van der Waals surface area contributed by atoms with Crippen LogP contribution in [0, 0.1) is 20.8 Å². The van der Waals surface area contributed by atoms with Gasteiger partial charge < -0.3 is 9.32 Å². The lowest BCUT2D eigenvalue weighted by atomic mass is 10.2. The first-order chi connectivity index (χ1) is 11.4. The summed E-state index contributed by atoms with van der Waals surface area (Å²) >= 11 is 0. The molecule has 0 spiro atoms. The molecule has 0 bridgehead atoms. The molecule has 130 valence electrons. The fourth-order valence-electron chi connectivity index (χ4n) is 3.07. The number of nitrogens with one attached hydrogen (secondary N) is 1. The van der Waals surface area contributed by atoms with E-state index in [1.165, 1.54) is 4.90 Å². The molecule has 1 saturated heterocycles. The predicted octanol–water partition coefficient (Wildman–Crippen LogP) is 0.0843. The highest BCUT2D eigenvalue weighted by atomic mass is 32.2. The van der Waals surface area contributed by atoms with Crippen LogP contribution in [-0.2, 0) is 16.6 Å². The Balaban J connectivity index is 1.67. The Kier molecular flexibility index (Phi) is 4.71. The standard InChI is InChI=1S/C16H22N4O3S/c1-12-4-5-15(13(2)10-12)24(21,22)20-8-6-19(7-9-20)11-16-18-17-14(3)23-16/h4-5,10H,6-9,11H2,1-3H3/p+1. The van der Waals surface area contributed by atoms with E-state index in [-0.39, 0.29) is 0 Å². The minimum Gasteiger partial charge on any atom is -0.420 e. The van der Waals surface area contributed by atoms with Gasteiger partial charge in [0.25, 0.3) is 5.89 Å². The second kappa shape index (κ2) is 6.62. The Morgan fingerprint density at radius 1 is 1.17 bits per heavy atom. The third-order valence-electron chi connectivity index (χ3n) is 4.35. The molecule has 2 heterocycles. The van der Waals surface area contributed by atoms with Gasteiger partial charge in [-0.25, -0.2) is 8.42 Å². The van der Waals surface area contributed by atoms with Crippen LogP contribution in [-0.4, -0.2) is 49.1 Å². The maximum Gasteiger partial charge on any atom is 0.271 e. The van der Waals surface area contributed by atoms with Crippen molar-refractivity contribution in [3.8, 4) is 0 Å². The molecule has 2 aromatic rings. The molecule has 0 amide bonds. The van der Waals surface area contributed by atoms with Gasteiger partial charge in [-0.3, -0.25) is 0 Å².